The van der Waals surface area contributed by atoms with E-state index in [0.29, 0.717) is 24.6 Å². The number of ether oxygens (including phenoxy) is 1. The first kappa shape index (κ1) is 14.2. The van der Waals surface area contributed by atoms with Crippen LogP contribution in [0.2, 0.25) is 0 Å². The van der Waals surface area contributed by atoms with Crippen LogP contribution < -0.4 is 5.32 Å². The van der Waals surface area contributed by atoms with Gasteiger partial charge in [0.25, 0.3) is 0 Å². The average molecular weight is 257 g/mol. The van der Waals surface area contributed by atoms with Crippen LogP contribution in [-0.4, -0.2) is 30.8 Å². The summed E-state index contributed by atoms with van der Waals surface area (Å²) < 4.78 is 5.42. The number of nitrogens with one attached hydrogen (secondary N) is 1. The molecule has 0 atom stereocenters. The molecule has 0 aliphatic carbocycles. The Morgan fingerprint density at radius 2 is 2.35 bits per heavy atom. The van der Waals surface area contributed by atoms with Crippen molar-refractivity contribution in [1.29, 1.82) is 0 Å². The second-order valence-electron chi connectivity index (χ2n) is 4.25. The van der Waals surface area contributed by atoms with Crippen LogP contribution in [-0.2, 0) is 11.3 Å². The minimum atomic E-state index is -0.868. The lowest BCUT2D eigenvalue weighted by Crippen LogP contribution is -2.19. The van der Waals surface area contributed by atoms with Crippen LogP contribution >= 0.6 is 11.3 Å². The van der Waals surface area contributed by atoms with Crippen molar-refractivity contribution < 1.29 is 14.6 Å². The van der Waals surface area contributed by atoms with Gasteiger partial charge in [0.2, 0.25) is 0 Å². The van der Waals surface area contributed by atoms with Crippen molar-refractivity contribution in [2.24, 2.45) is 5.92 Å². The topological polar surface area (TPSA) is 58.6 Å². The van der Waals surface area contributed by atoms with Crippen LogP contribution in [0.25, 0.3) is 0 Å². The number of hydrogen-bond acceptors (Lipinski definition) is 4. The molecule has 17 heavy (non-hydrogen) atoms. The molecule has 0 spiro atoms. The van der Waals surface area contributed by atoms with E-state index in [1.54, 1.807) is 11.4 Å². The number of carboxylic acid groups (broad SMARTS) is 1. The molecule has 0 aromatic carbocycles. The monoisotopic (exact) mass is 257 g/mol. The van der Waals surface area contributed by atoms with E-state index >= 15 is 0 Å². The van der Waals surface area contributed by atoms with Crippen LogP contribution in [0.3, 0.4) is 0 Å². The first-order chi connectivity index (χ1) is 8.09. The largest absolute Gasteiger partial charge is 0.478 e. The fourth-order valence-corrected chi connectivity index (χ4v) is 2.09. The quantitative estimate of drug-likeness (QED) is 0.701. The van der Waals surface area contributed by atoms with Gasteiger partial charge in [-0.25, -0.2) is 4.79 Å². The van der Waals surface area contributed by atoms with Crippen molar-refractivity contribution in [2.75, 3.05) is 19.8 Å². The molecule has 0 aliphatic heterocycles. The lowest BCUT2D eigenvalue weighted by molar-refractivity contribution is 0.0697. The number of carbonyl (C=O) groups is 1. The van der Waals surface area contributed by atoms with E-state index in [1.165, 1.54) is 11.3 Å². The number of aromatic carboxylic acids is 1. The van der Waals surface area contributed by atoms with Gasteiger partial charge in [0.05, 0.1) is 12.2 Å². The second kappa shape index (κ2) is 7.42. The fraction of sp³-hybridized carbons (Fsp3) is 0.583. The Morgan fingerprint density at radius 1 is 1.59 bits per heavy atom. The Hall–Kier alpha value is -0.910. The third-order valence-electron chi connectivity index (χ3n) is 2.07. The van der Waals surface area contributed by atoms with E-state index in [-0.39, 0.29) is 0 Å². The molecule has 0 unspecified atom stereocenters. The summed E-state index contributed by atoms with van der Waals surface area (Å²) in [6, 6.07) is 1.70. The molecule has 2 N–H and O–H groups in total. The van der Waals surface area contributed by atoms with Crippen molar-refractivity contribution >= 4 is 17.3 Å². The Balaban J connectivity index is 2.11. The molecule has 0 saturated carbocycles. The normalized spacial score (nSPS) is 11.0. The van der Waals surface area contributed by atoms with Gasteiger partial charge in [0.1, 0.15) is 0 Å². The zero-order valence-corrected chi connectivity index (χ0v) is 11.0. The van der Waals surface area contributed by atoms with Crippen LogP contribution in [0.15, 0.2) is 11.4 Å². The van der Waals surface area contributed by atoms with Crippen molar-refractivity contribution in [1.82, 2.24) is 5.32 Å². The lowest BCUT2D eigenvalue weighted by Gasteiger charge is -2.07. The Bertz CT molecular complexity index is 349. The molecule has 1 aromatic heterocycles. The molecule has 0 bridgehead atoms. The van der Waals surface area contributed by atoms with Crippen LogP contribution in [0.1, 0.15) is 29.1 Å². The minimum absolute atomic E-state index is 0.364. The van der Waals surface area contributed by atoms with Crippen molar-refractivity contribution in [3.63, 3.8) is 0 Å². The Labute approximate surface area is 106 Å². The molecule has 1 heterocycles. The van der Waals surface area contributed by atoms with E-state index in [9.17, 15) is 4.79 Å². The summed E-state index contributed by atoms with van der Waals surface area (Å²) in [6.45, 7) is 7.19. The maximum absolute atomic E-state index is 10.7. The number of hydrogen-bond donors (Lipinski definition) is 2. The summed E-state index contributed by atoms with van der Waals surface area (Å²) in [7, 11) is 0. The van der Waals surface area contributed by atoms with Crippen molar-refractivity contribution in [2.45, 2.75) is 20.4 Å². The number of carboxylic acids is 1. The highest BCUT2D eigenvalue weighted by atomic mass is 32.1. The van der Waals surface area contributed by atoms with Crippen molar-refractivity contribution in [3.05, 3.63) is 21.9 Å². The highest BCUT2D eigenvalue weighted by molar-refractivity contribution is 7.10. The number of rotatable bonds is 8. The average Bonchev–Trinajstić information content (AvgIpc) is 2.71. The first-order valence-electron chi connectivity index (χ1n) is 5.68. The van der Waals surface area contributed by atoms with Gasteiger partial charge >= 0.3 is 5.97 Å². The van der Waals surface area contributed by atoms with Gasteiger partial charge in [0.15, 0.2) is 0 Å². The molecule has 1 aromatic rings. The lowest BCUT2D eigenvalue weighted by atomic mass is 10.2. The number of thiophene rings is 1. The molecule has 0 saturated heterocycles. The van der Waals surface area contributed by atoms with Gasteiger partial charge in [0, 0.05) is 30.0 Å². The summed E-state index contributed by atoms with van der Waals surface area (Å²) in [6.07, 6.45) is 0. The minimum Gasteiger partial charge on any atom is -0.478 e. The van der Waals surface area contributed by atoms with Gasteiger partial charge in [-0.2, -0.15) is 0 Å². The molecular weight excluding hydrogens is 238 g/mol. The predicted molar refractivity (Wildman–Crippen MR) is 68.6 cm³/mol. The zero-order chi connectivity index (χ0) is 12.7. The molecule has 0 amide bonds. The highest BCUT2D eigenvalue weighted by Gasteiger charge is 2.05. The van der Waals surface area contributed by atoms with Crippen molar-refractivity contribution in [3.8, 4) is 0 Å². The zero-order valence-electron chi connectivity index (χ0n) is 10.2. The SMILES string of the molecule is CC(C)COCCNCc1cc(C(=O)O)cs1. The molecule has 4 nitrogen and oxygen atoms in total. The molecule has 0 fully saturated rings. The maximum atomic E-state index is 10.7. The molecule has 1 rings (SSSR count). The third-order valence-corrected chi connectivity index (χ3v) is 3.01. The van der Waals surface area contributed by atoms with Gasteiger partial charge < -0.3 is 15.2 Å². The summed E-state index contributed by atoms with van der Waals surface area (Å²) in [5.41, 5.74) is 0.364. The Kier molecular flexibility index (Phi) is 6.18. The van der Waals surface area contributed by atoms with E-state index in [4.69, 9.17) is 9.84 Å². The smallest absolute Gasteiger partial charge is 0.336 e. The summed E-state index contributed by atoms with van der Waals surface area (Å²) in [4.78, 5) is 11.7. The van der Waals surface area contributed by atoms with Gasteiger partial charge in [-0.15, -0.1) is 11.3 Å². The summed E-state index contributed by atoms with van der Waals surface area (Å²) in [5, 5.41) is 13.6. The summed E-state index contributed by atoms with van der Waals surface area (Å²) in [5.74, 6) is -0.307. The summed E-state index contributed by atoms with van der Waals surface area (Å²) >= 11 is 1.46. The third kappa shape index (κ3) is 5.81. The van der Waals surface area contributed by atoms with E-state index in [1.807, 2.05) is 0 Å². The molecule has 5 heteroatoms. The molecule has 0 aliphatic rings. The van der Waals surface area contributed by atoms with Gasteiger partial charge in [-0.1, -0.05) is 13.8 Å². The fourth-order valence-electron chi connectivity index (χ4n) is 1.26. The van der Waals surface area contributed by atoms with Crippen LogP contribution in [0.5, 0.6) is 0 Å². The molecular formula is C12H19NO3S. The van der Waals surface area contributed by atoms with E-state index < -0.39 is 5.97 Å². The highest BCUT2D eigenvalue weighted by Crippen LogP contribution is 2.14. The maximum Gasteiger partial charge on any atom is 0.336 e. The predicted octanol–water partition coefficient (Wildman–Crippen LogP) is 2.21. The van der Waals surface area contributed by atoms with Gasteiger partial charge in [-0.3, -0.25) is 0 Å². The van der Waals surface area contributed by atoms with Crippen LogP contribution in [0, 0.1) is 5.92 Å². The van der Waals surface area contributed by atoms with Crippen LogP contribution in [0.4, 0.5) is 0 Å². The second-order valence-corrected chi connectivity index (χ2v) is 5.25. The molecule has 0 radical (unpaired) electrons. The van der Waals surface area contributed by atoms with Gasteiger partial charge in [-0.05, 0) is 12.0 Å². The molecule has 96 valence electrons. The van der Waals surface area contributed by atoms with E-state index in [0.717, 1.165) is 18.0 Å². The standard InChI is InChI=1S/C12H19NO3S/c1-9(2)7-16-4-3-13-6-11-5-10(8-17-11)12(14)15/h5,8-9,13H,3-4,6-7H2,1-2H3,(H,14,15). The first-order valence-corrected chi connectivity index (χ1v) is 6.56. The Morgan fingerprint density at radius 3 is 2.94 bits per heavy atom. The van der Waals surface area contributed by atoms with E-state index in [2.05, 4.69) is 19.2 Å².